The summed E-state index contributed by atoms with van der Waals surface area (Å²) in [6.07, 6.45) is 2.13. The van der Waals surface area contributed by atoms with E-state index in [-0.39, 0.29) is 40.7 Å². The van der Waals surface area contributed by atoms with Gasteiger partial charge in [-0.3, -0.25) is 34.2 Å². The van der Waals surface area contributed by atoms with Gasteiger partial charge in [-0.25, -0.2) is 9.29 Å². The quantitative estimate of drug-likeness (QED) is 0.163. The van der Waals surface area contributed by atoms with E-state index in [4.69, 9.17) is 11.6 Å². The van der Waals surface area contributed by atoms with Crippen LogP contribution in [0.25, 0.3) is 0 Å². The summed E-state index contributed by atoms with van der Waals surface area (Å²) in [5, 5.41) is 22.3. The van der Waals surface area contributed by atoms with Crippen molar-refractivity contribution < 1.29 is 33.6 Å². The zero-order chi connectivity index (χ0) is 32.8. The Hall–Kier alpha value is -4.90. The van der Waals surface area contributed by atoms with Crippen LogP contribution in [0.3, 0.4) is 0 Å². The standard InChI is InChI=1S/C34H27ClFN3O7/c1-16-4-3-5-22(29(16)40)28-20-11-12-21-27(32(43)37(30(21)41)17-6-8-18(9-7-17)39(45)46)23(20)15-24-31(42)38(33(44)34(24,28)2)19-10-13-26(36)25(35)14-19/h3-11,13-14,21,23-24,27-28,40H,12,15H2,1-2H3/t21-,23+,24-,27-,28+,34+/m0/s1. The summed E-state index contributed by atoms with van der Waals surface area (Å²) >= 11 is 6.04. The summed E-state index contributed by atoms with van der Waals surface area (Å²) < 4.78 is 14.1. The number of phenols is 1. The molecule has 0 unspecified atom stereocenters. The molecule has 1 saturated carbocycles. The Balaban J connectivity index is 1.36. The molecule has 0 radical (unpaired) electrons. The minimum absolute atomic E-state index is 0.0407. The van der Waals surface area contributed by atoms with Crippen LogP contribution in [-0.2, 0) is 19.2 Å². The zero-order valence-corrected chi connectivity index (χ0v) is 25.4. The van der Waals surface area contributed by atoms with Crippen LogP contribution in [0.5, 0.6) is 5.75 Å². The van der Waals surface area contributed by atoms with Gasteiger partial charge in [0.25, 0.3) is 5.69 Å². The number of fused-ring (bicyclic) bond motifs is 4. The molecule has 4 aliphatic rings. The Morgan fingerprint density at radius 3 is 2.33 bits per heavy atom. The van der Waals surface area contributed by atoms with Crippen molar-refractivity contribution in [1.82, 2.24) is 0 Å². The molecule has 2 aliphatic heterocycles. The number of para-hydroxylation sites is 1. The van der Waals surface area contributed by atoms with Crippen LogP contribution < -0.4 is 9.80 Å². The lowest BCUT2D eigenvalue weighted by Crippen LogP contribution is -2.49. The van der Waals surface area contributed by atoms with Crippen LogP contribution in [0.15, 0.2) is 72.3 Å². The third-order valence-electron chi connectivity index (χ3n) is 10.3. The van der Waals surface area contributed by atoms with Crippen LogP contribution in [-0.4, -0.2) is 33.7 Å². The molecule has 6 atom stereocenters. The number of aryl methyl sites for hydroxylation is 1. The molecule has 0 bridgehead atoms. The number of imide groups is 2. The average molecular weight is 644 g/mol. The number of nitro benzene ring substituents is 1. The number of carbonyl (C=O) groups is 4. The maximum absolute atomic E-state index is 14.5. The van der Waals surface area contributed by atoms with Crippen LogP contribution >= 0.6 is 11.6 Å². The van der Waals surface area contributed by atoms with Gasteiger partial charge in [0.15, 0.2) is 0 Å². The number of amides is 4. The molecule has 3 fully saturated rings. The largest absolute Gasteiger partial charge is 0.507 e. The van der Waals surface area contributed by atoms with Gasteiger partial charge in [0.1, 0.15) is 11.6 Å². The molecule has 10 nitrogen and oxygen atoms in total. The molecule has 3 aromatic carbocycles. The molecule has 4 amide bonds. The fourth-order valence-electron chi connectivity index (χ4n) is 8.12. The minimum atomic E-state index is -1.40. The van der Waals surface area contributed by atoms with Gasteiger partial charge < -0.3 is 5.11 Å². The number of halogens is 2. The second-order valence-corrected chi connectivity index (χ2v) is 13.0. The van der Waals surface area contributed by atoms with Crippen molar-refractivity contribution in [3.8, 4) is 5.75 Å². The van der Waals surface area contributed by atoms with Crippen LogP contribution in [0.4, 0.5) is 21.5 Å². The predicted molar refractivity (Wildman–Crippen MR) is 164 cm³/mol. The zero-order valence-electron chi connectivity index (χ0n) is 24.6. The first-order chi connectivity index (χ1) is 21.9. The van der Waals surface area contributed by atoms with E-state index >= 15 is 0 Å². The van der Waals surface area contributed by atoms with E-state index in [0.717, 1.165) is 15.9 Å². The highest BCUT2D eigenvalue weighted by Crippen LogP contribution is 2.64. The van der Waals surface area contributed by atoms with Crippen molar-refractivity contribution in [2.45, 2.75) is 32.6 Å². The van der Waals surface area contributed by atoms with Gasteiger partial charge in [0, 0.05) is 23.6 Å². The normalized spacial score (nSPS) is 28.6. The van der Waals surface area contributed by atoms with Crippen LogP contribution in [0.1, 0.15) is 36.8 Å². The second kappa shape index (κ2) is 10.3. The molecule has 1 N–H and O–H groups in total. The summed E-state index contributed by atoms with van der Waals surface area (Å²) in [6, 6.07) is 13.9. The Bertz CT molecular complexity index is 1930. The van der Waals surface area contributed by atoms with Crippen molar-refractivity contribution in [2.24, 2.45) is 29.1 Å². The van der Waals surface area contributed by atoms with Crippen molar-refractivity contribution in [3.05, 3.63) is 104 Å². The molecular weight excluding hydrogens is 617 g/mol. The van der Waals surface area contributed by atoms with Gasteiger partial charge in [0.05, 0.1) is 44.5 Å². The summed E-state index contributed by atoms with van der Waals surface area (Å²) in [7, 11) is 0. The average Bonchev–Trinajstić information content (AvgIpc) is 3.40. The van der Waals surface area contributed by atoms with E-state index in [1.165, 1.54) is 36.4 Å². The summed E-state index contributed by atoms with van der Waals surface area (Å²) in [5.74, 6) is -6.79. The molecular formula is C34H27ClFN3O7. The minimum Gasteiger partial charge on any atom is -0.507 e. The molecule has 2 aliphatic carbocycles. The molecule has 3 aromatic rings. The lowest BCUT2D eigenvalue weighted by Gasteiger charge is -2.49. The van der Waals surface area contributed by atoms with Gasteiger partial charge in [-0.2, -0.15) is 0 Å². The summed E-state index contributed by atoms with van der Waals surface area (Å²) in [5.41, 5.74) is 0.394. The molecule has 12 heteroatoms. The number of aromatic hydroxyl groups is 1. The number of benzene rings is 3. The van der Waals surface area contributed by atoms with E-state index in [1.807, 2.05) is 6.08 Å². The number of hydrogen-bond donors (Lipinski definition) is 1. The number of anilines is 2. The number of non-ortho nitro benzene ring substituents is 1. The molecule has 2 heterocycles. The summed E-state index contributed by atoms with van der Waals surface area (Å²) in [6.45, 7) is 3.41. The number of nitro groups is 1. The molecule has 234 valence electrons. The third-order valence-corrected chi connectivity index (χ3v) is 10.6. The molecule has 2 saturated heterocycles. The topological polar surface area (TPSA) is 138 Å². The van der Waals surface area contributed by atoms with E-state index < -0.39 is 69.4 Å². The number of hydrogen-bond acceptors (Lipinski definition) is 7. The van der Waals surface area contributed by atoms with Gasteiger partial charge >= 0.3 is 0 Å². The summed E-state index contributed by atoms with van der Waals surface area (Å²) in [4.78, 5) is 69.2. The van der Waals surface area contributed by atoms with Gasteiger partial charge in [0.2, 0.25) is 23.6 Å². The lowest BCUT2D eigenvalue weighted by molar-refractivity contribution is -0.384. The first-order valence-corrected chi connectivity index (χ1v) is 15.2. The second-order valence-electron chi connectivity index (χ2n) is 12.6. The molecule has 0 spiro atoms. The maximum atomic E-state index is 14.5. The fraction of sp³-hybridized carbons (Fsp3) is 0.294. The number of allylic oxidation sites excluding steroid dienone is 2. The Morgan fingerprint density at radius 2 is 1.65 bits per heavy atom. The first-order valence-electron chi connectivity index (χ1n) is 14.8. The fourth-order valence-corrected chi connectivity index (χ4v) is 8.30. The predicted octanol–water partition coefficient (Wildman–Crippen LogP) is 5.84. The van der Waals surface area contributed by atoms with E-state index in [2.05, 4.69) is 0 Å². The van der Waals surface area contributed by atoms with Crippen molar-refractivity contribution >= 4 is 52.3 Å². The van der Waals surface area contributed by atoms with E-state index in [1.54, 1.807) is 32.0 Å². The first kappa shape index (κ1) is 29.8. The highest BCUT2D eigenvalue weighted by Gasteiger charge is 2.68. The maximum Gasteiger partial charge on any atom is 0.269 e. The smallest absolute Gasteiger partial charge is 0.269 e. The highest BCUT2D eigenvalue weighted by molar-refractivity contribution is 6.32. The lowest BCUT2D eigenvalue weighted by atomic mass is 9.51. The monoisotopic (exact) mass is 643 g/mol. The SMILES string of the molecule is Cc1cccc([C@H]2C3=CC[C@@H]4C(=O)N(c5ccc([N+](=O)[O-])cc5)C(=O)[C@@H]4[C@@H]3C[C@H]3C(=O)N(c4ccc(F)c(Cl)c4)C(=O)[C@@]23C)c1O. The number of phenolic OH excluding ortho intramolecular Hbond substituents is 1. The Morgan fingerprint density at radius 1 is 0.957 bits per heavy atom. The molecule has 46 heavy (non-hydrogen) atoms. The highest BCUT2D eigenvalue weighted by atomic mass is 35.5. The number of rotatable bonds is 4. The molecule has 0 aromatic heterocycles. The number of nitrogens with zero attached hydrogens (tertiary/aromatic N) is 3. The number of carbonyl (C=O) groups excluding carboxylic acids is 4. The Labute approximate surface area is 267 Å². The Kier molecular flexibility index (Phi) is 6.68. The van der Waals surface area contributed by atoms with Gasteiger partial charge in [-0.1, -0.05) is 41.4 Å². The van der Waals surface area contributed by atoms with E-state index in [0.29, 0.717) is 16.7 Å². The van der Waals surface area contributed by atoms with E-state index in [9.17, 15) is 38.8 Å². The van der Waals surface area contributed by atoms with Crippen LogP contribution in [0.2, 0.25) is 5.02 Å². The van der Waals surface area contributed by atoms with Crippen molar-refractivity contribution in [2.75, 3.05) is 9.80 Å². The van der Waals surface area contributed by atoms with Crippen LogP contribution in [0, 0.1) is 51.9 Å². The third kappa shape index (κ3) is 4.00. The van der Waals surface area contributed by atoms with Gasteiger partial charge in [-0.05, 0) is 68.5 Å². The van der Waals surface area contributed by atoms with Crippen molar-refractivity contribution in [1.29, 1.82) is 0 Å². The van der Waals surface area contributed by atoms with Crippen molar-refractivity contribution in [3.63, 3.8) is 0 Å². The van der Waals surface area contributed by atoms with Gasteiger partial charge in [-0.15, -0.1) is 0 Å². The molecule has 7 rings (SSSR count).